The third kappa shape index (κ3) is 3.59. The third-order valence-electron chi connectivity index (χ3n) is 3.80. The summed E-state index contributed by atoms with van der Waals surface area (Å²) in [5, 5.41) is 16.9. The standard InChI is InChI=1S/C14H18BrN3O3/c1-14(2)6-3-7-16-12(14)13(19)17-9-4-5-10(15)11(8-9)18(20)21/h4-5,8,12,16H,3,6-7H2,1-2H3,(H,17,19). The number of carbonyl (C=O) groups is 1. The zero-order valence-corrected chi connectivity index (χ0v) is 13.6. The molecule has 1 heterocycles. The molecule has 0 spiro atoms. The van der Waals surface area contributed by atoms with Gasteiger partial charge < -0.3 is 10.6 Å². The highest BCUT2D eigenvalue weighted by atomic mass is 79.9. The second-order valence-electron chi connectivity index (χ2n) is 5.89. The third-order valence-corrected chi connectivity index (χ3v) is 4.47. The van der Waals surface area contributed by atoms with Crippen molar-refractivity contribution in [2.75, 3.05) is 11.9 Å². The van der Waals surface area contributed by atoms with Gasteiger partial charge in [0.15, 0.2) is 0 Å². The second kappa shape index (κ2) is 6.11. The van der Waals surface area contributed by atoms with Gasteiger partial charge in [0.25, 0.3) is 5.69 Å². The molecule has 1 saturated heterocycles. The van der Waals surface area contributed by atoms with Crippen LogP contribution < -0.4 is 10.6 Å². The van der Waals surface area contributed by atoms with Gasteiger partial charge >= 0.3 is 0 Å². The van der Waals surface area contributed by atoms with Crippen molar-refractivity contribution in [1.82, 2.24) is 5.32 Å². The Morgan fingerprint density at radius 2 is 2.24 bits per heavy atom. The van der Waals surface area contributed by atoms with Gasteiger partial charge in [0.05, 0.1) is 15.4 Å². The van der Waals surface area contributed by atoms with Gasteiger partial charge in [0.2, 0.25) is 5.91 Å². The van der Waals surface area contributed by atoms with Gasteiger partial charge in [-0.15, -0.1) is 0 Å². The Hall–Kier alpha value is -1.47. The van der Waals surface area contributed by atoms with Crippen LogP contribution in [0.4, 0.5) is 11.4 Å². The van der Waals surface area contributed by atoms with Crippen LogP contribution in [0.1, 0.15) is 26.7 Å². The second-order valence-corrected chi connectivity index (χ2v) is 6.75. The van der Waals surface area contributed by atoms with Crippen LogP contribution >= 0.6 is 15.9 Å². The number of amides is 1. The molecule has 0 aromatic heterocycles. The minimum absolute atomic E-state index is 0.0661. The van der Waals surface area contributed by atoms with Gasteiger partial charge in [0, 0.05) is 11.8 Å². The van der Waals surface area contributed by atoms with Crippen LogP contribution in [0, 0.1) is 15.5 Å². The van der Waals surface area contributed by atoms with Gasteiger partial charge in [-0.1, -0.05) is 13.8 Å². The van der Waals surface area contributed by atoms with E-state index in [0.717, 1.165) is 19.4 Å². The Kier molecular flexibility index (Phi) is 4.63. The number of halogens is 1. The monoisotopic (exact) mass is 355 g/mol. The van der Waals surface area contributed by atoms with Crippen molar-refractivity contribution in [3.63, 3.8) is 0 Å². The van der Waals surface area contributed by atoms with Gasteiger partial charge in [-0.2, -0.15) is 0 Å². The molecule has 21 heavy (non-hydrogen) atoms. The molecule has 1 aliphatic heterocycles. The molecule has 114 valence electrons. The van der Waals surface area contributed by atoms with Gasteiger partial charge in [-0.05, 0) is 52.9 Å². The number of carbonyl (C=O) groups excluding carboxylic acids is 1. The zero-order valence-electron chi connectivity index (χ0n) is 12.0. The molecule has 1 atom stereocenters. The summed E-state index contributed by atoms with van der Waals surface area (Å²) < 4.78 is 0.390. The number of hydrogen-bond donors (Lipinski definition) is 2. The molecule has 0 bridgehead atoms. The molecular formula is C14H18BrN3O3. The Balaban J connectivity index is 2.16. The van der Waals surface area contributed by atoms with Crippen molar-refractivity contribution in [1.29, 1.82) is 0 Å². The Bertz CT molecular complexity index is 575. The number of benzene rings is 1. The first-order valence-corrected chi connectivity index (χ1v) is 7.59. The fraction of sp³-hybridized carbons (Fsp3) is 0.500. The molecule has 1 amide bonds. The van der Waals surface area contributed by atoms with Crippen molar-refractivity contribution in [3.8, 4) is 0 Å². The maximum Gasteiger partial charge on any atom is 0.285 e. The van der Waals surface area contributed by atoms with E-state index in [1.54, 1.807) is 12.1 Å². The van der Waals surface area contributed by atoms with E-state index in [2.05, 4.69) is 26.6 Å². The highest BCUT2D eigenvalue weighted by Gasteiger charge is 2.37. The van der Waals surface area contributed by atoms with Crippen molar-refractivity contribution in [3.05, 3.63) is 32.8 Å². The average Bonchev–Trinajstić information content (AvgIpc) is 2.40. The number of rotatable bonds is 3. The van der Waals surface area contributed by atoms with E-state index in [1.807, 2.05) is 13.8 Å². The van der Waals surface area contributed by atoms with Gasteiger partial charge in [-0.25, -0.2) is 0 Å². The van der Waals surface area contributed by atoms with E-state index in [9.17, 15) is 14.9 Å². The predicted octanol–water partition coefficient (Wildman–Crippen LogP) is 3.07. The lowest BCUT2D eigenvalue weighted by atomic mass is 9.77. The first-order valence-electron chi connectivity index (χ1n) is 6.79. The number of nitro benzene ring substituents is 1. The zero-order chi connectivity index (χ0) is 15.6. The lowest BCUT2D eigenvalue weighted by Crippen LogP contribution is -2.53. The van der Waals surface area contributed by atoms with Gasteiger partial charge in [0.1, 0.15) is 0 Å². The summed E-state index contributed by atoms with van der Waals surface area (Å²) in [7, 11) is 0. The molecule has 7 heteroatoms. The van der Waals surface area contributed by atoms with Crippen LogP contribution in [0.3, 0.4) is 0 Å². The molecule has 1 aromatic carbocycles. The van der Waals surface area contributed by atoms with Crippen LogP contribution in [0.5, 0.6) is 0 Å². The van der Waals surface area contributed by atoms with Crippen molar-refractivity contribution in [2.24, 2.45) is 5.41 Å². The van der Waals surface area contributed by atoms with Crippen LogP contribution in [-0.2, 0) is 4.79 Å². The number of nitrogens with zero attached hydrogens (tertiary/aromatic N) is 1. The van der Waals surface area contributed by atoms with E-state index >= 15 is 0 Å². The fourth-order valence-electron chi connectivity index (χ4n) is 2.60. The molecule has 1 aliphatic rings. The first-order chi connectivity index (χ1) is 9.81. The summed E-state index contributed by atoms with van der Waals surface area (Å²) in [5.41, 5.74) is 0.227. The molecule has 6 nitrogen and oxygen atoms in total. The first kappa shape index (κ1) is 15.9. The van der Waals surface area contributed by atoms with E-state index in [0.29, 0.717) is 10.2 Å². The summed E-state index contributed by atoms with van der Waals surface area (Å²) in [4.78, 5) is 22.8. The molecular weight excluding hydrogens is 338 g/mol. The molecule has 0 saturated carbocycles. The molecule has 2 rings (SSSR count). The fourth-order valence-corrected chi connectivity index (χ4v) is 2.99. The largest absolute Gasteiger partial charge is 0.324 e. The quantitative estimate of drug-likeness (QED) is 0.644. The summed E-state index contributed by atoms with van der Waals surface area (Å²) >= 11 is 3.13. The van der Waals surface area contributed by atoms with Crippen LogP contribution in [0.2, 0.25) is 0 Å². The minimum atomic E-state index is -0.484. The molecule has 0 aliphatic carbocycles. The van der Waals surface area contributed by atoms with Crippen LogP contribution in [0.25, 0.3) is 0 Å². The molecule has 1 unspecified atom stereocenters. The minimum Gasteiger partial charge on any atom is -0.324 e. The van der Waals surface area contributed by atoms with E-state index in [4.69, 9.17) is 0 Å². The molecule has 2 N–H and O–H groups in total. The van der Waals surface area contributed by atoms with Crippen LogP contribution in [-0.4, -0.2) is 23.4 Å². The Morgan fingerprint density at radius 1 is 1.52 bits per heavy atom. The van der Waals surface area contributed by atoms with E-state index in [1.165, 1.54) is 6.07 Å². The average molecular weight is 356 g/mol. The van der Waals surface area contributed by atoms with Gasteiger partial charge in [-0.3, -0.25) is 14.9 Å². The summed E-state index contributed by atoms with van der Waals surface area (Å²) in [5.74, 6) is -0.156. The number of nitro groups is 1. The van der Waals surface area contributed by atoms with Crippen LogP contribution in [0.15, 0.2) is 22.7 Å². The van der Waals surface area contributed by atoms with E-state index < -0.39 is 4.92 Å². The van der Waals surface area contributed by atoms with Crippen molar-refractivity contribution >= 4 is 33.2 Å². The van der Waals surface area contributed by atoms with E-state index in [-0.39, 0.29) is 23.1 Å². The lowest BCUT2D eigenvalue weighted by Gasteiger charge is -2.38. The number of piperidine rings is 1. The molecule has 1 fully saturated rings. The predicted molar refractivity (Wildman–Crippen MR) is 84.2 cm³/mol. The Labute approximate surface area is 131 Å². The lowest BCUT2D eigenvalue weighted by molar-refractivity contribution is -0.385. The SMILES string of the molecule is CC1(C)CCCNC1C(=O)Nc1ccc(Br)c([N+](=O)[O-])c1. The van der Waals surface area contributed by atoms with Crippen molar-refractivity contribution < 1.29 is 9.72 Å². The smallest absolute Gasteiger partial charge is 0.285 e. The molecule has 0 radical (unpaired) electrons. The summed E-state index contributed by atoms with van der Waals surface area (Å²) in [6.07, 6.45) is 2.01. The number of nitrogens with one attached hydrogen (secondary N) is 2. The summed E-state index contributed by atoms with van der Waals surface area (Å²) in [6.45, 7) is 4.91. The number of hydrogen-bond acceptors (Lipinski definition) is 4. The summed E-state index contributed by atoms with van der Waals surface area (Å²) in [6, 6.07) is 4.27. The highest BCUT2D eigenvalue weighted by Crippen LogP contribution is 2.32. The normalized spacial score (nSPS) is 20.8. The van der Waals surface area contributed by atoms with Crippen molar-refractivity contribution in [2.45, 2.75) is 32.7 Å². The topological polar surface area (TPSA) is 84.3 Å². The molecule has 1 aromatic rings. The maximum absolute atomic E-state index is 12.4. The number of anilines is 1. The highest BCUT2D eigenvalue weighted by molar-refractivity contribution is 9.10. The maximum atomic E-state index is 12.4. The Morgan fingerprint density at radius 3 is 2.86 bits per heavy atom.